The van der Waals surface area contributed by atoms with Gasteiger partial charge in [-0.1, -0.05) is 19.8 Å². The third-order valence-electron chi connectivity index (χ3n) is 4.42. The molecule has 0 saturated heterocycles. The molecule has 2 aliphatic carbocycles. The molecule has 3 N–H and O–H groups in total. The number of fused-ring (bicyclic) bond motifs is 1. The highest BCUT2D eigenvalue weighted by atomic mass is 16.3. The summed E-state index contributed by atoms with van der Waals surface area (Å²) in [7, 11) is 0. The Morgan fingerprint density at radius 3 is 2.92 bits per heavy atom. The van der Waals surface area contributed by atoms with E-state index in [1.165, 1.54) is 25.7 Å². The summed E-state index contributed by atoms with van der Waals surface area (Å²) in [5.41, 5.74) is 5.24. The Kier molecular flexibility index (Phi) is 2.37. The van der Waals surface area contributed by atoms with Gasteiger partial charge in [0.1, 0.15) is 0 Å². The van der Waals surface area contributed by atoms with Crippen molar-refractivity contribution in [1.29, 1.82) is 0 Å². The lowest BCUT2D eigenvalue weighted by atomic mass is 9.78. The van der Waals surface area contributed by atoms with Gasteiger partial charge in [0.15, 0.2) is 0 Å². The van der Waals surface area contributed by atoms with Crippen LogP contribution in [0.3, 0.4) is 0 Å². The molecule has 0 spiro atoms. The average Bonchev–Trinajstić information content (AvgIpc) is 2.69. The predicted molar refractivity (Wildman–Crippen MR) is 53.2 cm³/mol. The molecule has 0 aromatic heterocycles. The molecule has 4 atom stereocenters. The normalized spacial score (nSPS) is 46.4. The Morgan fingerprint density at radius 1 is 1.46 bits per heavy atom. The number of aliphatic hydroxyl groups is 1. The second-order valence-corrected chi connectivity index (χ2v) is 4.96. The zero-order chi connectivity index (χ0) is 9.47. The second-order valence-electron chi connectivity index (χ2n) is 4.96. The molecule has 0 bridgehead atoms. The van der Waals surface area contributed by atoms with Crippen LogP contribution in [0.5, 0.6) is 0 Å². The quantitative estimate of drug-likeness (QED) is 0.682. The lowest BCUT2D eigenvalue weighted by molar-refractivity contribution is -0.0461. The van der Waals surface area contributed by atoms with E-state index in [0.29, 0.717) is 12.5 Å². The fourth-order valence-electron chi connectivity index (χ4n) is 3.46. The Morgan fingerprint density at radius 2 is 2.23 bits per heavy atom. The molecule has 2 fully saturated rings. The van der Waals surface area contributed by atoms with E-state index in [0.717, 1.165) is 12.3 Å². The molecule has 4 unspecified atom stereocenters. The number of hydrogen-bond donors (Lipinski definition) is 2. The van der Waals surface area contributed by atoms with Crippen molar-refractivity contribution >= 4 is 0 Å². The third kappa shape index (κ3) is 1.31. The first-order valence-corrected chi connectivity index (χ1v) is 5.61. The minimum atomic E-state index is -0.421. The molecule has 2 nitrogen and oxygen atoms in total. The molecule has 0 aromatic rings. The van der Waals surface area contributed by atoms with Crippen LogP contribution < -0.4 is 5.73 Å². The average molecular weight is 183 g/mol. The molecule has 2 rings (SSSR count). The molecule has 0 radical (unpaired) electrons. The predicted octanol–water partition coefficient (Wildman–Crippen LogP) is 1.52. The third-order valence-corrected chi connectivity index (χ3v) is 4.42. The van der Waals surface area contributed by atoms with Crippen LogP contribution in [0.1, 0.15) is 39.0 Å². The van der Waals surface area contributed by atoms with Gasteiger partial charge in [0.2, 0.25) is 0 Å². The fraction of sp³-hybridized carbons (Fsp3) is 1.00. The van der Waals surface area contributed by atoms with Crippen molar-refractivity contribution in [2.45, 2.75) is 44.6 Å². The van der Waals surface area contributed by atoms with Gasteiger partial charge in [0.25, 0.3) is 0 Å². The SMILES string of the molecule is CC(CN)C1(O)CCC2CCCC21. The van der Waals surface area contributed by atoms with Crippen molar-refractivity contribution in [2.75, 3.05) is 6.54 Å². The van der Waals surface area contributed by atoms with Gasteiger partial charge in [-0.2, -0.15) is 0 Å². The van der Waals surface area contributed by atoms with E-state index in [2.05, 4.69) is 6.92 Å². The topological polar surface area (TPSA) is 46.2 Å². The molecule has 2 saturated carbocycles. The van der Waals surface area contributed by atoms with E-state index in [-0.39, 0.29) is 5.92 Å². The molecule has 13 heavy (non-hydrogen) atoms. The minimum absolute atomic E-state index is 0.278. The van der Waals surface area contributed by atoms with E-state index in [4.69, 9.17) is 5.73 Å². The molecule has 0 aliphatic heterocycles. The standard InChI is InChI=1S/C11H21NO/c1-8(7-12)11(13)6-5-9-3-2-4-10(9)11/h8-10,13H,2-7,12H2,1H3. The van der Waals surface area contributed by atoms with Crippen molar-refractivity contribution in [2.24, 2.45) is 23.5 Å². The van der Waals surface area contributed by atoms with E-state index in [1.54, 1.807) is 0 Å². The molecule has 2 heteroatoms. The summed E-state index contributed by atoms with van der Waals surface area (Å²) < 4.78 is 0. The lowest BCUT2D eigenvalue weighted by Crippen LogP contribution is -2.43. The Bertz CT molecular complexity index is 195. The van der Waals surface area contributed by atoms with Gasteiger partial charge in [-0.25, -0.2) is 0 Å². The maximum absolute atomic E-state index is 10.5. The molecule has 76 valence electrons. The molecular formula is C11H21NO. The van der Waals surface area contributed by atoms with Gasteiger partial charge >= 0.3 is 0 Å². The minimum Gasteiger partial charge on any atom is -0.389 e. The summed E-state index contributed by atoms with van der Waals surface area (Å²) in [5.74, 6) is 1.64. The molecular weight excluding hydrogens is 162 g/mol. The van der Waals surface area contributed by atoms with Crippen LogP contribution in [0.4, 0.5) is 0 Å². The fourth-order valence-corrected chi connectivity index (χ4v) is 3.46. The largest absolute Gasteiger partial charge is 0.389 e. The molecule has 0 heterocycles. The van der Waals surface area contributed by atoms with E-state index in [9.17, 15) is 5.11 Å². The summed E-state index contributed by atoms with van der Waals surface area (Å²) >= 11 is 0. The van der Waals surface area contributed by atoms with E-state index < -0.39 is 5.60 Å². The number of nitrogens with two attached hydrogens (primary N) is 1. The molecule has 0 amide bonds. The van der Waals surface area contributed by atoms with Crippen LogP contribution in [0.15, 0.2) is 0 Å². The number of hydrogen-bond acceptors (Lipinski definition) is 2. The van der Waals surface area contributed by atoms with Crippen LogP contribution in [0.25, 0.3) is 0 Å². The van der Waals surface area contributed by atoms with Crippen LogP contribution in [-0.4, -0.2) is 17.3 Å². The van der Waals surface area contributed by atoms with Gasteiger partial charge in [-0.05, 0) is 43.6 Å². The second kappa shape index (κ2) is 3.25. The highest BCUT2D eigenvalue weighted by molar-refractivity contribution is 5.02. The van der Waals surface area contributed by atoms with Crippen molar-refractivity contribution in [3.8, 4) is 0 Å². The highest BCUT2D eigenvalue weighted by Crippen LogP contribution is 2.52. The smallest absolute Gasteiger partial charge is 0.0715 e. The maximum Gasteiger partial charge on any atom is 0.0715 e. The monoisotopic (exact) mass is 183 g/mol. The summed E-state index contributed by atoms with van der Waals surface area (Å²) in [4.78, 5) is 0. The van der Waals surface area contributed by atoms with Crippen LogP contribution in [0.2, 0.25) is 0 Å². The summed E-state index contributed by atoms with van der Waals surface area (Å²) in [5, 5.41) is 10.5. The van der Waals surface area contributed by atoms with Crippen LogP contribution in [-0.2, 0) is 0 Å². The first-order valence-electron chi connectivity index (χ1n) is 5.61. The first kappa shape index (κ1) is 9.47. The van der Waals surface area contributed by atoms with Crippen molar-refractivity contribution in [3.63, 3.8) is 0 Å². The Hall–Kier alpha value is -0.0800. The Labute approximate surface area is 80.5 Å². The van der Waals surface area contributed by atoms with Gasteiger partial charge in [0, 0.05) is 0 Å². The van der Waals surface area contributed by atoms with Crippen molar-refractivity contribution < 1.29 is 5.11 Å². The van der Waals surface area contributed by atoms with Crippen LogP contribution >= 0.6 is 0 Å². The summed E-state index contributed by atoms with van der Waals surface area (Å²) in [6.07, 6.45) is 6.09. The van der Waals surface area contributed by atoms with Crippen LogP contribution in [0, 0.1) is 17.8 Å². The first-order chi connectivity index (χ1) is 6.18. The van der Waals surface area contributed by atoms with Gasteiger partial charge in [-0.3, -0.25) is 0 Å². The van der Waals surface area contributed by atoms with Crippen molar-refractivity contribution in [3.05, 3.63) is 0 Å². The van der Waals surface area contributed by atoms with Gasteiger partial charge in [-0.15, -0.1) is 0 Å². The zero-order valence-electron chi connectivity index (χ0n) is 8.50. The van der Waals surface area contributed by atoms with Gasteiger partial charge < -0.3 is 10.8 Å². The lowest BCUT2D eigenvalue weighted by Gasteiger charge is -2.35. The zero-order valence-corrected chi connectivity index (χ0v) is 8.50. The molecule has 0 aromatic carbocycles. The molecule has 2 aliphatic rings. The summed E-state index contributed by atoms with van der Waals surface area (Å²) in [6, 6.07) is 0. The highest BCUT2D eigenvalue weighted by Gasteiger charge is 2.51. The van der Waals surface area contributed by atoms with E-state index >= 15 is 0 Å². The number of rotatable bonds is 2. The maximum atomic E-state index is 10.5. The summed E-state index contributed by atoms with van der Waals surface area (Å²) in [6.45, 7) is 2.72. The van der Waals surface area contributed by atoms with E-state index in [1.807, 2.05) is 0 Å². The van der Waals surface area contributed by atoms with Crippen molar-refractivity contribution in [1.82, 2.24) is 0 Å². The Balaban J connectivity index is 2.14. The van der Waals surface area contributed by atoms with Gasteiger partial charge in [0.05, 0.1) is 5.60 Å².